The van der Waals surface area contributed by atoms with Crippen LogP contribution in [0.15, 0.2) is 42.5 Å². The number of nitrogens with one attached hydrogen (secondary N) is 1. The molecule has 2 unspecified atom stereocenters. The lowest BCUT2D eigenvalue weighted by molar-refractivity contribution is -0.153. The lowest BCUT2D eigenvalue weighted by atomic mass is 10.0. The van der Waals surface area contributed by atoms with Gasteiger partial charge in [0.05, 0.1) is 12.6 Å². The molecule has 2 rings (SSSR count). The summed E-state index contributed by atoms with van der Waals surface area (Å²) in [6, 6.07) is 9.02. The standard InChI is InChI=1S/C18H23NO4/c1-22-13-15-18(14-9-5-4-6-10-14)23-17(21)12-8-3-2-7-11-16(20)19-15/h2-6,9-10,15,18H,7-8,11-13H2,1H3,(H,19,20). The van der Waals surface area contributed by atoms with Crippen LogP contribution in [0.25, 0.3) is 0 Å². The van der Waals surface area contributed by atoms with Crippen molar-refractivity contribution in [2.75, 3.05) is 13.7 Å². The highest BCUT2D eigenvalue weighted by molar-refractivity contribution is 5.76. The number of allylic oxidation sites excluding steroid dienone is 2. The first-order valence-electron chi connectivity index (χ1n) is 7.88. The molecule has 0 fully saturated rings. The second-order valence-corrected chi connectivity index (χ2v) is 5.50. The minimum Gasteiger partial charge on any atom is -0.455 e. The van der Waals surface area contributed by atoms with Gasteiger partial charge in [-0.05, 0) is 18.4 Å². The number of hydrogen-bond acceptors (Lipinski definition) is 4. The lowest BCUT2D eigenvalue weighted by Crippen LogP contribution is -2.43. The third kappa shape index (κ3) is 5.53. The molecule has 1 aromatic rings. The van der Waals surface area contributed by atoms with Crippen molar-refractivity contribution in [3.05, 3.63) is 48.0 Å². The molecule has 0 saturated carbocycles. The molecule has 23 heavy (non-hydrogen) atoms. The molecule has 0 saturated heterocycles. The van der Waals surface area contributed by atoms with Gasteiger partial charge in [0.25, 0.3) is 0 Å². The second-order valence-electron chi connectivity index (χ2n) is 5.50. The van der Waals surface area contributed by atoms with Crippen molar-refractivity contribution in [1.82, 2.24) is 5.32 Å². The van der Waals surface area contributed by atoms with Crippen molar-refractivity contribution < 1.29 is 19.1 Å². The van der Waals surface area contributed by atoms with Crippen LogP contribution in [0.1, 0.15) is 37.4 Å². The maximum Gasteiger partial charge on any atom is 0.306 e. The van der Waals surface area contributed by atoms with Crippen molar-refractivity contribution in [3.8, 4) is 0 Å². The van der Waals surface area contributed by atoms with Crippen LogP contribution in [0.5, 0.6) is 0 Å². The Labute approximate surface area is 136 Å². The number of carbonyl (C=O) groups is 2. The molecule has 1 N–H and O–H groups in total. The Hall–Kier alpha value is -2.14. The average molecular weight is 317 g/mol. The number of amides is 1. The zero-order valence-electron chi connectivity index (χ0n) is 13.4. The van der Waals surface area contributed by atoms with E-state index in [4.69, 9.17) is 9.47 Å². The fourth-order valence-electron chi connectivity index (χ4n) is 2.54. The van der Waals surface area contributed by atoms with Gasteiger partial charge in [0.1, 0.15) is 6.10 Å². The number of rotatable bonds is 3. The summed E-state index contributed by atoms with van der Waals surface area (Å²) in [6.45, 7) is 0.272. The molecule has 0 aliphatic carbocycles. The Kier molecular flexibility index (Phi) is 6.81. The van der Waals surface area contributed by atoms with Gasteiger partial charge in [0, 0.05) is 20.0 Å². The van der Waals surface area contributed by atoms with Crippen molar-refractivity contribution >= 4 is 11.9 Å². The van der Waals surface area contributed by atoms with E-state index in [1.54, 1.807) is 7.11 Å². The zero-order chi connectivity index (χ0) is 16.5. The predicted octanol–water partition coefficient (Wildman–Crippen LogP) is 2.53. The highest BCUT2D eigenvalue weighted by Crippen LogP contribution is 2.23. The first-order valence-corrected chi connectivity index (χ1v) is 7.88. The largest absolute Gasteiger partial charge is 0.455 e. The average Bonchev–Trinajstić information content (AvgIpc) is 2.55. The van der Waals surface area contributed by atoms with Crippen LogP contribution in [0, 0.1) is 0 Å². The summed E-state index contributed by atoms with van der Waals surface area (Å²) in [6.07, 6.45) is 5.30. The fraction of sp³-hybridized carbons (Fsp3) is 0.444. The maximum atomic E-state index is 12.1. The quantitative estimate of drug-likeness (QED) is 0.687. The predicted molar refractivity (Wildman–Crippen MR) is 86.7 cm³/mol. The van der Waals surface area contributed by atoms with Gasteiger partial charge in [-0.15, -0.1) is 0 Å². The molecule has 0 radical (unpaired) electrons. The number of hydrogen-bond donors (Lipinski definition) is 1. The second kappa shape index (κ2) is 9.10. The summed E-state index contributed by atoms with van der Waals surface area (Å²) in [5.74, 6) is -0.353. The molecule has 0 spiro atoms. The Morgan fingerprint density at radius 2 is 1.83 bits per heavy atom. The van der Waals surface area contributed by atoms with E-state index in [0.29, 0.717) is 25.7 Å². The molecular formula is C18H23NO4. The van der Waals surface area contributed by atoms with Gasteiger partial charge in [-0.3, -0.25) is 9.59 Å². The Balaban J connectivity index is 2.26. The molecule has 1 amide bonds. The minimum atomic E-state index is -0.559. The van der Waals surface area contributed by atoms with Crippen LogP contribution < -0.4 is 5.32 Å². The van der Waals surface area contributed by atoms with Crippen LogP contribution in [-0.4, -0.2) is 31.6 Å². The van der Waals surface area contributed by atoms with E-state index in [9.17, 15) is 9.59 Å². The Bertz CT molecular complexity index is 541. The molecular weight excluding hydrogens is 294 g/mol. The number of esters is 1. The van der Waals surface area contributed by atoms with Crippen LogP contribution in [-0.2, 0) is 19.1 Å². The summed E-state index contributed by atoms with van der Waals surface area (Å²) in [5, 5.41) is 2.93. The molecule has 2 atom stereocenters. The molecule has 1 aromatic carbocycles. The van der Waals surface area contributed by atoms with Gasteiger partial charge >= 0.3 is 5.97 Å². The SMILES string of the molecule is COCC1NC(=O)CCC=CCCC(=O)OC1c1ccccc1. The topological polar surface area (TPSA) is 64.6 Å². The van der Waals surface area contributed by atoms with E-state index >= 15 is 0 Å². The van der Waals surface area contributed by atoms with Crippen LogP contribution >= 0.6 is 0 Å². The molecule has 0 aromatic heterocycles. The third-order valence-corrected chi connectivity index (χ3v) is 3.66. The van der Waals surface area contributed by atoms with Crippen molar-refractivity contribution in [2.45, 2.75) is 37.8 Å². The molecule has 5 nitrogen and oxygen atoms in total. The first kappa shape index (κ1) is 17.2. The van der Waals surface area contributed by atoms with Gasteiger partial charge in [0.2, 0.25) is 5.91 Å². The highest BCUT2D eigenvalue weighted by Gasteiger charge is 2.28. The normalized spacial score (nSPS) is 23.3. The van der Waals surface area contributed by atoms with Gasteiger partial charge < -0.3 is 14.8 Å². The smallest absolute Gasteiger partial charge is 0.306 e. The highest BCUT2D eigenvalue weighted by atomic mass is 16.5. The van der Waals surface area contributed by atoms with E-state index in [1.807, 2.05) is 42.5 Å². The van der Waals surface area contributed by atoms with Gasteiger partial charge in [-0.1, -0.05) is 42.5 Å². The van der Waals surface area contributed by atoms with Crippen molar-refractivity contribution in [1.29, 1.82) is 0 Å². The van der Waals surface area contributed by atoms with Crippen LogP contribution in [0.4, 0.5) is 0 Å². The summed E-state index contributed by atoms with van der Waals surface area (Å²) in [7, 11) is 1.56. The molecule has 5 heteroatoms. The zero-order valence-corrected chi connectivity index (χ0v) is 13.4. The lowest BCUT2D eigenvalue weighted by Gasteiger charge is -2.28. The number of ether oxygens (including phenoxy) is 2. The van der Waals surface area contributed by atoms with Gasteiger partial charge in [-0.25, -0.2) is 0 Å². The number of carbonyl (C=O) groups excluding carboxylic acids is 2. The molecule has 124 valence electrons. The van der Waals surface area contributed by atoms with Crippen LogP contribution in [0.2, 0.25) is 0 Å². The molecule has 0 bridgehead atoms. The fourth-order valence-corrected chi connectivity index (χ4v) is 2.54. The molecule has 1 heterocycles. The van der Waals surface area contributed by atoms with Crippen LogP contribution in [0.3, 0.4) is 0 Å². The monoisotopic (exact) mass is 317 g/mol. The van der Waals surface area contributed by atoms with Crippen molar-refractivity contribution in [2.24, 2.45) is 0 Å². The first-order chi connectivity index (χ1) is 11.2. The van der Waals surface area contributed by atoms with E-state index in [1.165, 1.54) is 0 Å². The minimum absolute atomic E-state index is 0.0748. The number of cyclic esters (lactones) is 1. The van der Waals surface area contributed by atoms with E-state index in [-0.39, 0.29) is 18.5 Å². The summed E-state index contributed by atoms with van der Waals surface area (Å²) >= 11 is 0. The van der Waals surface area contributed by atoms with Crippen molar-refractivity contribution in [3.63, 3.8) is 0 Å². The Morgan fingerprint density at radius 1 is 1.13 bits per heavy atom. The van der Waals surface area contributed by atoms with E-state index < -0.39 is 12.1 Å². The number of benzene rings is 1. The summed E-state index contributed by atoms with van der Waals surface area (Å²) in [5.41, 5.74) is 0.843. The van der Waals surface area contributed by atoms with Gasteiger partial charge in [-0.2, -0.15) is 0 Å². The summed E-state index contributed by atoms with van der Waals surface area (Å²) < 4.78 is 10.9. The third-order valence-electron chi connectivity index (χ3n) is 3.66. The molecule has 1 aliphatic heterocycles. The van der Waals surface area contributed by atoms with E-state index in [2.05, 4.69) is 5.32 Å². The molecule has 1 aliphatic rings. The summed E-state index contributed by atoms with van der Waals surface area (Å²) in [4.78, 5) is 24.2. The maximum absolute atomic E-state index is 12.1. The Morgan fingerprint density at radius 3 is 2.52 bits per heavy atom. The number of methoxy groups -OCH3 is 1. The van der Waals surface area contributed by atoms with E-state index in [0.717, 1.165) is 5.56 Å². The van der Waals surface area contributed by atoms with Gasteiger partial charge in [0.15, 0.2) is 0 Å².